The Kier molecular flexibility index (Phi) is 4.02. The maximum atomic E-state index is 12.1. The third-order valence-electron chi connectivity index (χ3n) is 2.64. The molecule has 2 rings (SSSR count). The lowest BCUT2D eigenvalue weighted by molar-refractivity contribution is 0.0733. The van der Waals surface area contributed by atoms with Crippen molar-refractivity contribution in [1.29, 1.82) is 0 Å². The predicted octanol–water partition coefficient (Wildman–Crippen LogP) is -1.94. The molecule has 114 valence electrons. The molecule has 1 saturated heterocycles. The van der Waals surface area contributed by atoms with Crippen LogP contribution < -0.4 is 9.86 Å². The number of hydrogen-bond acceptors (Lipinski definition) is 6. The van der Waals surface area contributed by atoms with Gasteiger partial charge in [0.05, 0.1) is 13.2 Å². The van der Waals surface area contributed by atoms with Crippen molar-refractivity contribution >= 4 is 26.1 Å². The summed E-state index contributed by atoms with van der Waals surface area (Å²) in [6.45, 7) is 0.941. The van der Waals surface area contributed by atoms with Gasteiger partial charge in [-0.3, -0.25) is 9.40 Å². The van der Waals surface area contributed by atoms with Crippen LogP contribution in [0.2, 0.25) is 0 Å². The normalized spacial score (nSPS) is 18.1. The first-order chi connectivity index (χ1) is 9.20. The van der Waals surface area contributed by atoms with Crippen LogP contribution in [0.5, 0.6) is 0 Å². The van der Waals surface area contributed by atoms with E-state index in [1.807, 2.05) is 0 Å². The maximum Gasteiger partial charge on any atom is 0.303 e. The zero-order valence-corrected chi connectivity index (χ0v) is 12.3. The average Bonchev–Trinajstić information content (AvgIpc) is 2.70. The number of aromatic nitrogens is 2. The molecule has 0 amide bonds. The summed E-state index contributed by atoms with van der Waals surface area (Å²) in [6.07, 6.45) is 1.13. The molecule has 10 nitrogen and oxygen atoms in total. The molecule has 1 fully saturated rings. The third kappa shape index (κ3) is 3.27. The lowest BCUT2D eigenvalue weighted by atomic mass is 10.5. The molecule has 12 heteroatoms. The molecule has 0 unspecified atom stereocenters. The highest BCUT2D eigenvalue weighted by molar-refractivity contribution is 7.91. The van der Waals surface area contributed by atoms with Gasteiger partial charge in [-0.25, -0.2) is 13.6 Å². The molecule has 1 aromatic rings. The van der Waals surface area contributed by atoms with Gasteiger partial charge in [0.1, 0.15) is 4.90 Å². The lowest BCUT2D eigenvalue weighted by Gasteiger charge is -2.25. The number of rotatable bonds is 4. The van der Waals surface area contributed by atoms with Gasteiger partial charge in [0.2, 0.25) is 10.0 Å². The molecule has 3 N–H and O–H groups in total. The van der Waals surface area contributed by atoms with E-state index in [0.29, 0.717) is 0 Å². The van der Waals surface area contributed by atoms with Crippen molar-refractivity contribution in [1.82, 2.24) is 14.1 Å². The van der Waals surface area contributed by atoms with Crippen LogP contribution in [-0.4, -0.2) is 57.2 Å². The second kappa shape index (κ2) is 5.29. The van der Waals surface area contributed by atoms with Crippen LogP contribution in [0, 0.1) is 0 Å². The van der Waals surface area contributed by atoms with Crippen molar-refractivity contribution in [3.8, 4) is 0 Å². The van der Waals surface area contributed by atoms with E-state index in [1.165, 1.54) is 7.05 Å². The number of sulfonamides is 1. The Bertz CT molecular complexity index is 689. The van der Waals surface area contributed by atoms with Crippen LogP contribution >= 0.6 is 0 Å². The summed E-state index contributed by atoms with van der Waals surface area (Å²) < 4.78 is 56.5. The highest BCUT2D eigenvalue weighted by atomic mass is 32.2. The molecule has 0 aromatic carbocycles. The maximum absolute atomic E-state index is 12.1. The summed E-state index contributed by atoms with van der Waals surface area (Å²) in [6, 6.07) is 0. The molecule has 0 aliphatic carbocycles. The van der Waals surface area contributed by atoms with Gasteiger partial charge in [-0.15, -0.1) is 0 Å². The zero-order chi connectivity index (χ0) is 15.0. The van der Waals surface area contributed by atoms with E-state index in [1.54, 1.807) is 0 Å². The number of anilines is 1. The van der Waals surface area contributed by atoms with Crippen LogP contribution in [0.3, 0.4) is 0 Å². The molecule has 0 radical (unpaired) electrons. The van der Waals surface area contributed by atoms with E-state index >= 15 is 0 Å². The number of nitrogens with two attached hydrogens (primary N) is 1. The molecule has 1 aromatic heterocycles. The summed E-state index contributed by atoms with van der Waals surface area (Å²) >= 11 is 0. The number of nitrogens with one attached hydrogen (secondary N) is 1. The number of ether oxygens (including phenoxy) is 1. The first kappa shape index (κ1) is 15.2. The Labute approximate surface area is 116 Å². The first-order valence-corrected chi connectivity index (χ1v) is 8.61. The Morgan fingerprint density at radius 3 is 2.45 bits per heavy atom. The first-order valence-electron chi connectivity index (χ1n) is 5.62. The topological polar surface area (TPSA) is 137 Å². The van der Waals surface area contributed by atoms with Crippen molar-refractivity contribution in [2.24, 2.45) is 12.2 Å². The van der Waals surface area contributed by atoms with E-state index in [2.05, 4.69) is 9.82 Å². The minimum absolute atomic E-state index is 0.187. The largest absolute Gasteiger partial charge is 0.379 e. The molecule has 0 saturated carbocycles. The second-order valence-electron chi connectivity index (χ2n) is 4.18. The third-order valence-corrected chi connectivity index (χ3v) is 5.05. The van der Waals surface area contributed by atoms with Gasteiger partial charge in [0.25, 0.3) is 0 Å². The molecular formula is C8H15N5O5S2. The van der Waals surface area contributed by atoms with Crippen LogP contribution in [0.4, 0.5) is 5.82 Å². The molecule has 0 bridgehead atoms. The number of primary sulfonamides is 1. The lowest BCUT2D eigenvalue weighted by Crippen LogP contribution is -2.43. The number of hydrogen-bond donors (Lipinski definition) is 2. The van der Waals surface area contributed by atoms with Crippen LogP contribution in [0.15, 0.2) is 11.1 Å². The zero-order valence-electron chi connectivity index (χ0n) is 10.7. The van der Waals surface area contributed by atoms with Crippen LogP contribution in [0.25, 0.3) is 0 Å². The molecule has 2 heterocycles. The SMILES string of the molecule is Cn1cc(S(N)(=O)=O)c(NS(=O)(=O)N2CCOCC2)n1. The van der Waals surface area contributed by atoms with Crippen LogP contribution in [-0.2, 0) is 32.0 Å². The van der Waals surface area contributed by atoms with E-state index in [4.69, 9.17) is 9.88 Å². The molecule has 1 aliphatic rings. The van der Waals surface area contributed by atoms with E-state index in [9.17, 15) is 16.8 Å². The second-order valence-corrected chi connectivity index (χ2v) is 7.38. The van der Waals surface area contributed by atoms with Gasteiger partial charge in [-0.2, -0.15) is 17.8 Å². The van der Waals surface area contributed by atoms with Crippen molar-refractivity contribution < 1.29 is 21.6 Å². The smallest absolute Gasteiger partial charge is 0.303 e. The van der Waals surface area contributed by atoms with Gasteiger partial charge in [-0.1, -0.05) is 0 Å². The Balaban J connectivity index is 2.30. The Morgan fingerprint density at radius 2 is 1.90 bits per heavy atom. The summed E-state index contributed by atoms with van der Waals surface area (Å²) in [7, 11) is -6.51. The summed E-state index contributed by atoms with van der Waals surface area (Å²) in [5, 5.41) is 8.79. The number of aryl methyl sites for hydroxylation is 1. The fraction of sp³-hybridized carbons (Fsp3) is 0.625. The van der Waals surface area contributed by atoms with E-state index in [-0.39, 0.29) is 37.0 Å². The number of morpholine rings is 1. The van der Waals surface area contributed by atoms with Gasteiger partial charge in [0.15, 0.2) is 5.82 Å². The van der Waals surface area contributed by atoms with E-state index < -0.39 is 20.2 Å². The van der Waals surface area contributed by atoms with Crippen molar-refractivity contribution in [2.75, 3.05) is 31.0 Å². The van der Waals surface area contributed by atoms with Gasteiger partial charge >= 0.3 is 10.2 Å². The Hall–Kier alpha value is -1.21. The van der Waals surface area contributed by atoms with Gasteiger partial charge < -0.3 is 4.74 Å². The van der Waals surface area contributed by atoms with Gasteiger partial charge in [0, 0.05) is 26.3 Å². The quantitative estimate of drug-likeness (QED) is 0.660. The highest BCUT2D eigenvalue weighted by Crippen LogP contribution is 2.19. The Morgan fingerprint density at radius 1 is 1.30 bits per heavy atom. The summed E-state index contributed by atoms with van der Waals surface area (Å²) in [5.41, 5.74) is 0. The molecular weight excluding hydrogens is 310 g/mol. The summed E-state index contributed by atoms with van der Waals surface area (Å²) in [4.78, 5) is -0.378. The molecule has 20 heavy (non-hydrogen) atoms. The van der Waals surface area contributed by atoms with Crippen LogP contribution in [0.1, 0.15) is 0 Å². The predicted molar refractivity (Wildman–Crippen MR) is 69.5 cm³/mol. The fourth-order valence-corrected chi connectivity index (χ4v) is 3.60. The number of nitrogens with zero attached hydrogens (tertiary/aromatic N) is 3. The van der Waals surface area contributed by atoms with Crippen molar-refractivity contribution in [3.05, 3.63) is 6.20 Å². The summed E-state index contributed by atoms with van der Waals surface area (Å²) in [5.74, 6) is -0.318. The average molecular weight is 325 g/mol. The van der Waals surface area contributed by atoms with Crippen molar-refractivity contribution in [3.63, 3.8) is 0 Å². The molecule has 0 atom stereocenters. The van der Waals surface area contributed by atoms with E-state index in [0.717, 1.165) is 15.2 Å². The standard InChI is InChI=1S/C8H15N5O5S2/c1-12-6-7(19(9,14)15)8(10-12)11-20(16,17)13-2-4-18-5-3-13/h6H,2-5H2,1H3,(H,10,11)(H2,9,14,15). The fourth-order valence-electron chi connectivity index (χ4n) is 1.72. The minimum Gasteiger partial charge on any atom is -0.379 e. The minimum atomic E-state index is -4.07. The molecule has 0 spiro atoms. The highest BCUT2D eigenvalue weighted by Gasteiger charge is 2.28. The van der Waals surface area contributed by atoms with Crippen molar-refractivity contribution in [2.45, 2.75) is 4.90 Å². The monoisotopic (exact) mass is 325 g/mol. The molecule has 1 aliphatic heterocycles. The van der Waals surface area contributed by atoms with Gasteiger partial charge in [-0.05, 0) is 0 Å².